The molecule has 5 rings (SSSR count). The minimum Gasteiger partial charge on any atom is -0.355 e. The normalized spacial score (nSPS) is 11.5. The Morgan fingerprint density at radius 2 is 1.82 bits per heavy atom. The van der Waals surface area contributed by atoms with Crippen molar-refractivity contribution >= 4 is 45.4 Å². The first-order chi connectivity index (χ1) is 19.1. The number of hydrogen-bond acceptors (Lipinski definition) is 5. The third-order valence-corrected chi connectivity index (χ3v) is 8.30. The van der Waals surface area contributed by atoms with E-state index in [1.54, 1.807) is 12.1 Å². The maximum Gasteiger partial charge on any atom is 0.268 e. The van der Waals surface area contributed by atoms with Crippen molar-refractivity contribution in [2.45, 2.75) is 46.5 Å². The van der Waals surface area contributed by atoms with E-state index in [0.29, 0.717) is 56.5 Å². The van der Waals surface area contributed by atoms with Crippen LogP contribution in [-0.4, -0.2) is 31.6 Å². The first-order valence-corrected chi connectivity index (χ1v) is 14.6. The number of hydrogen-bond donors (Lipinski definition) is 1. The highest BCUT2D eigenvalue weighted by molar-refractivity contribution is 7.15. The molecule has 1 N–H and O–H groups in total. The van der Waals surface area contributed by atoms with Gasteiger partial charge >= 0.3 is 0 Å². The summed E-state index contributed by atoms with van der Waals surface area (Å²) in [5, 5.41) is 10.6. The molecule has 2 aromatic carbocycles. The zero-order valence-electron chi connectivity index (χ0n) is 22.7. The molecule has 0 spiro atoms. The van der Waals surface area contributed by atoms with Gasteiger partial charge in [0.25, 0.3) is 5.56 Å². The van der Waals surface area contributed by atoms with Crippen molar-refractivity contribution in [1.82, 2.24) is 24.5 Å². The molecule has 10 heteroatoms. The van der Waals surface area contributed by atoms with Crippen LogP contribution in [0.5, 0.6) is 0 Å². The molecule has 7 nitrogen and oxygen atoms in total. The number of benzene rings is 2. The lowest BCUT2D eigenvalue weighted by Gasteiger charge is -2.09. The van der Waals surface area contributed by atoms with Gasteiger partial charge < -0.3 is 5.32 Å². The van der Waals surface area contributed by atoms with Crippen molar-refractivity contribution in [2.75, 3.05) is 6.54 Å². The summed E-state index contributed by atoms with van der Waals surface area (Å²) in [6.45, 7) is 8.51. The fraction of sp³-hybridized carbons (Fsp3) is 0.267. The Kier molecular flexibility index (Phi) is 8.12. The van der Waals surface area contributed by atoms with Crippen LogP contribution >= 0.6 is 34.5 Å². The first kappa shape index (κ1) is 28.1. The molecule has 0 atom stereocenters. The second kappa shape index (κ2) is 11.6. The van der Waals surface area contributed by atoms with Crippen LogP contribution in [0, 0.1) is 13.8 Å². The highest BCUT2D eigenvalue weighted by atomic mass is 35.5. The van der Waals surface area contributed by atoms with Crippen LogP contribution in [0.15, 0.2) is 58.7 Å². The summed E-state index contributed by atoms with van der Waals surface area (Å²) in [6, 6.07) is 15.5. The Balaban J connectivity index is 1.38. The average molecular weight is 595 g/mol. The molecular formula is C30H29Cl2N5O2S. The van der Waals surface area contributed by atoms with Crippen molar-refractivity contribution in [2.24, 2.45) is 0 Å². The van der Waals surface area contributed by atoms with Crippen LogP contribution in [0.1, 0.15) is 48.0 Å². The van der Waals surface area contributed by atoms with E-state index < -0.39 is 0 Å². The SMILES string of the molecule is Cc1nc2scc(CC(=O)NCCc3ccc(Cl)cc3Cl)n2c(=O)c1-c1cc(C)n(-c2ccc(C(C)C)cc2)n1. The van der Waals surface area contributed by atoms with Crippen LogP contribution < -0.4 is 10.9 Å². The molecule has 40 heavy (non-hydrogen) atoms. The standard InChI is InChI=1S/C30H29Cl2N5O2S/c1-17(2)20-6-9-23(10-7-20)37-18(3)13-26(35-37)28-19(4)34-30-36(29(28)39)24(16-40-30)15-27(38)33-12-11-21-5-8-22(31)14-25(21)32/h5-10,13-14,16-17H,11-12,15H2,1-4H3,(H,33,38). The Morgan fingerprint density at radius 3 is 2.52 bits per heavy atom. The predicted molar refractivity (Wildman–Crippen MR) is 162 cm³/mol. The summed E-state index contributed by atoms with van der Waals surface area (Å²) < 4.78 is 3.36. The third-order valence-electron chi connectivity index (χ3n) is 6.84. The highest BCUT2D eigenvalue weighted by Crippen LogP contribution is 2.25. The molecule has 0 saturated carbocycles. The van der Waals surface area contributed by atoms with Crippen LogP contribution in [0.4, 0.5) is 0 Å². The minimum absolute atomic E-state index is 0.0497. The number of carbonyl (C=O) groups excluding carboxylic acids is 1. The largest absolute Gasteiger partial charge is 0.355 e. The Morgan fingerprint density at radius 1 is 1.07 bits per heavy atom. The number of halogens is 2. The molecule has 3 heterocycles. The molecule has 1 amide bonds. The molecule has 0 unspecified atom stereocenters. The molecule has 0 aliphatic heterocycles. The van der Waals surface area contributed by atoms with E-state index in [2.05, 4.69) is 36.3 Å². The number of aryl methyl sites for hydroxylation is 2. The fourth-order valence-electron chi connectivity index (χ4n) is 4.67. The molecule has 0 bridgehead atoms. The van der Waals surface area contributed by atoms with E-state index >= 15 is 0 Å². The number of amides is 1. The number of aromatic nitrogens is 4. The van der Waals surface area contributed by atoms with Crippen molar-refractivity contribution < 1.29 is 4.79 Å². The molecule has 5 aromatic rings. The van der Waals surface area contributed by atoms with Gasteiger partial charge in [0.15, 0.2) is 4.96 Å². The molecule has 206 valence electrons. The van der Waals surface area contributed by atoms with E-state index in [1.165, 1.54) is 21.3 Å². The lowest BCUT2D eigenvalue weighted by atomic mass is 10.0. The number of thiazole rings is 1. The monoisotopic (exact) mass is 593 g/mol. The van der Waals surface area contributed by atoms with Crippen molar-refractivity contribution in [1.29, 1.82) is 0 Å². The fourth-order valence-corrected chi connectivity index (χ4v) is 6.10. The summed E-state index contributed by atoms with van der Waals surface area (Å²) in [5.41, 5.74) is 5.91. The van der Waals surface area contributed by atoms with Gasteiger partial charge in [-0.3, -0.25) is 14.0 Å². The number of rotatable bonds is 8. The summed E-state index contributed by atoms with van der Waals surface area (Å²) in [4.78, 5) is 31.8. The number of carbonyl (C=O) groups is 1. The van der Waals surface area contributed by atoms with Gasteiger partial charge in [-0.1, -0.05) is 55.2 Å². The van der Waals surface area contributed by atoms with Gasteiger partial charge in [-0.2, -0.15) is 5.10 Å². The molecule has 0 aliphatic rings. The number of nitrogens with one attached hydrogen (secondary N) is 1. The Labute approximate surface area is 246 Å². The smallest absolute Gasteiger partial charge is 0.268 e. The topological polar surface area (TPSA) is 81.3 Å². The van der Waals surface area contributed by atoms with Gasteiger partial charge in [-0.05, 0) is 67.6 Å². The molecule has 3 aromatic heterocycles. The zero-order chi connectivity index (χ0) is 28.6. The maximum atomic E-state index is 13.8. The van der Waals surface area contributed by atoms with E-state index in [0.717, 1.165) is 16.9 Å². The van der Waals surface area contributed by atoms with Crippen molar-refractivity contribution in [3.63, 3.8) is 0 Å². The van der Waals surface area contributed by atoms with Gasteiger partial charge in [-0.15, -0.1) is 11.3 Å². The van der Waals surface area contributed by atoms with Crippen LogP contribution in [0.2, 0.25) is 10.0 Å². The van der Waals surface area contributed by atoms with Crippen LogP contribution in [0.25, 0.3) is 21.9 Å². The second-order valence-corrected chi connectivity index (χ2v) is 11.7. The summed E-state index contributed by atoms with van der Waals surface area (Å²) >= 11 is 13.5. The highest BCUT2D eigenvalue weighted by Gasteiger charge is 2.20. The van der Waals surface area contributed by atoms with Crippen LogP contribution in [0.3, 0.4) is 0 Å². The number of fused-ring (bicyclic) bond motifs is 1. The lowest BCUT2D eigenvalue weighted by Crippen LogP contribution is -2.29. The van der Waals surface area contributed by atoms with Gasteiger partial charge in [-0.25, -0.2) is 9.67 Å². The van der Waals surface area contributed by atoms with Gasteiger partial charge in [0, 0.05) is 33.4 Å². The Bertz CT molecular complexity index is 1770. The molecule has 0 saturated heterocycles. The Hall–Kier alpha value is -3.46. The molecular weight excluding hydrogens is 565 g/mol. The van der Waals surface area contributed by atoms with Crippen LogP contribution in [-0.2, 0) is 17.6 Å². The predicted octanol–water partition coefficient (Wildman–Crippen LogP) is 6.56. The van der Waals surface area contributed by atoms with Crippen molar-refractivity contribution in [3.8, 4) is 16.9 Å². The van der Waals surface area contributed by atoms with E-state index in [1.807, 2.05) is 48.2 Å². The maximum absolute atomic E-state index is 13.8. The van der Waals surface area contributed by atoms with Gasteiger partial charge in [0.1, 0.15) is 5.69 Å². The van der Waals surface area contributed by atoms with E-state index in [-0.39, 0.29) is 17.9 Å². The molecule has 0 radical (unpaired) electrons. The lowest BCUT2D eigenvalue weighted by molar-refractivity contribution is -0.120. The summed E-state index contributed by atoms with van der Waals surface area (Å²) in [7, 11) is 0. The summed E-state index contributed by atoms with van der Waals surface area (Å²) in [6.07, 6.45) is 0.618. The minimum atomic E-state index is -0.237. The molecule has 0 fully saturated rings. The second-order valence-electron chi connectivity index (χ2n) is 10.1. The number of nitrogens with zero attached hydrogens (tertiary/aromatic N) is 4. The van der Waals surface area contributed by atoms with Gasteiger partial charge in [0.05, 0.1) is 23.4 Å². The average Bonchev–Trinajstić information content (AvgIpc) is 3.48. The zero-order valence-corrected chi connectivity index (χ0v) is 25.0. The van der Waals surface area contributed by atoms with E-state index in [9.17, 15) is 9.59 Å². The van der Waals surface area contributed by atoms with Gasteiger partial charge in [0.2, 0.25) is 5.91 Å². The van der Waals surface area contributed by atoms with E-state index in [4.69, 9.17) is 28.3 Å². The third kappa shape index (κ3) is 5.70. The summed E-state index contributed by atoms with van der Waals surface area (Å²) in [5.74, 6) is 0.247. The quantitative estimate of drug-likeness (QED) is 0.221. The first-order valence-electron chi connectivity index (χ1n) is 13.0. The van der Waals surface area contributed by atoms with Crippen molar-refractivity contribution in [3.05, 3.63) is 103 Å². The molecule has 0 aliphatic carbocycles.